The van der Waals surface area contributed by atoms with E-state index in [-0.39, 0.29) is 5.97 Å². The van der Waals surface area contributed by atoms with Crippen LogP contribution in [0, 0.1) is 0 Å². The predicted molar refractivity (Wildman–Crippen MR) is 54.6 cm³/mol. The van der Waals surface area contributed by atoms with Gasteiger partial charge >= 0.3 is 5.97 Å². The summed E-state index contributed by atoms with van der Waals surface area (Å²) in [5.41, 5.74) is 2.16. The molecule has 0 fully saturated rings. The van der Waals surface area contributed by atoms with Crippen LogP contribution in [0.25, 0.3) is 0 Å². The molecule has 3 heteroatoms. The molecule has 1 aromatic carbocycles. The maximum absolute atomic E-state index is 11.2. The van der Waals surface area contributed by atoms with E-state index in [1.807, 2.05) is 18.2 Å². The molecule has 0 N–H and O–H groups in total. The topological polar surface area (TPSA) is 26.3 Å². The Morgan fingerprint density at radius 1 is 1.36 bits per heavy atom. The van der Waals surface area contributed by atoms with Crippen molar-refractivity contribution in [2.24, 2.45) is 0 Å². The largest absolute Gasteiger partial charge is 0.426 e. The van der Waals surface area contributed by atoms with Crippen LogP contribution in [0.3, 0.4) is 0 Å². The number of hydrogen-bond acceptors (Lipinski definition) is 2. The molecule has 1 aliphatic rings. The van der Waals surface area contributed by atoms with E-state index in [9.17, 15) is 4.79 Å². The van der Waals surface area contributed by atoms with Crippen LogP contribution in [-0.2, 0) is 17.1 Å². The molecule has 0 saturated heterocycles. The SMILES string of the molecule is O=C1CCCc2cc(CCl)ccc2O1. The predicted octanol–water partition coefficient (Wildman–Crippen LogP) is 2.67. The van der Waals surface area contributed by atoms with Crippen molar-refractivity contribution < 1.29 is 9.53 Å². The van der Waals surface area contributed by atoms with Gasteiger partial charge in [0.2, 0.25) is 0 Å². The van der Waals surface area contributed by atoms with Gasteiger partial charge in [-0.2, -0.15) is 0 Å². The number of alkyl halides is 1. The van der Waals surface area contributed by atoms with Gasteiger partial charge in [-0.15, -0.1) is 11.6 Å². The summed E-state index contributed by atoms with van der Waals surface area (Å²) in [6.07, 6.45) is 2.26. The van der Waals surface area contributed by atoms with Gasteiger partial charge < -0.3 is 4.74 Å². The van der Waals surface area contributed by atoms with Crippen LogP contribution in [0.4, 0.5) is 0 Å². The second kappa shape index (κ2) is 4.01. The Bertz CT molecular complexity index is 360. The van der Waals surface area contributed by atoms with Crippen molar-refractivity contribution in [3.63, 3.8) is 0 Å². The average Bonchev–Trinajstić information content (AvgIpc) is 2.37. The van der Waals surface area contributed by atoms with E-state index < -0.39 is 0 Å². The zero-order chi connectivity index (χ0) is 9.97. The lowest BCUT2D eigenvalue weighted by molar-refractivity contribution is -0.134. The molecular formula is C11H11ClO2. The quantitative estimate of drug-likeness (QED) is 0.405. The summed E-state index contributed by atoms with van der Waals surface area (Å²) >= 11 is 5.73. The van der Waals surface area contributed by atoms with Crippen LogP contribution in [0.5, 0.6) is 5.75 Å². The average molecular weight is 211 g/mol. The molecule has 2 rings (SSSR count). The third kappa shape index (κ3) is 1.90. The van der Waals surface area contributed by atoms with Gasteiger partial charge in [0, 0.05) is 12.3 Å². The molecule has 0 atom stereocenters. The zero-order valence-electron chi connectivity index (χ0n) is 7.75. The first kappa shape index (κ1) is 9.53. The van der Waals surface area contributed by atoms with Crippen LogP contribution >= 0.6 is 11.6 Å². The second-order valence-electron chi connectivity index (χ2n) is 3.40. The van der Waals surface area contributed by atoms with Gasteiger partial charge in [-0.1, -0.05) is 12.1 Å². The highest BCUT2D eigenvalue weighted by Gasteiger charge is 2.14. The molecule has 0 aromatic heterocycles. The van der Waals surface area contributed by atoms with E-state index in [0.717, 1.165) is 24.0 Å². The lowest BCUT2D eigenvalue weighted by Gasteiger charge is -2.06. The van der Waals surface area contributed by atoms with Gasteiger partial charge in [-0.25, -0.2) is 0 Å². The van der Waals surface area contributed by atoms with E-state index in [1.165, 1.54) is 0 Å². The number of carbonyl (C=O) groups excluding carboxylic acids is 1. The normalized spacial score (nSPS) is 15.6. The number of aryl methyl sites for hydroxylation is 1. The molecule has 0 saturated carbocycles. The van der Waals surface area contributed by atoms with E-state index in [2.05, 4.69) is 0 Å². The summed E-state index contributed by atoms with van der Waals surface area (Å²) < 4.78 is 5.17. The minimum Gasteiger partial charge on any atom is -0.426 e. The Kier molecular flexibility index (Phi) is 2.73. The van der Waals surface area contributed by atoms with Crippen LogP contribution in [0.15, 0.2) is 18.2 Å². The molecule has 1 heterocycles. The Balaban J connectivity index is 2.35. The number of rotatable bonds is 1. The van der Waals surface area contributed by atoms with E-state index in [4.69, 9.17) is 16.3 Å². The van der Waals surface area contributed by atoms with E-state index >= 15 is 0 Å². The minimum atomic E-state index is -0.137. The summed E-state index contributed by atoms with van der Waals surface area (Å²) in [5, 5.41) is 0. The highest BCUT2D eigenvalue weighted by molar-refractivity contribution is 6.17. The molecule has 14 heavy (non-hydrogen) atoms. The molecule has 0 amide bonds. The maximum atomic E-state index is 11.2. The third-order valence-corrected chi connectivity index (χ3v) is 2.64. The molecule has 2 nitrogen and oxygen atoms in total. The molecule has 0 spiro atoms. The van der Waals surface area contributed by atoms with Gasteiger partial charge in [0.15, 0.2) is 0 Å². The molecule has 1 aromatic rings. The summed E-state index contributed by atoms with van der Waals surface area (Å²) in [6.45, 7) is 0. The first-order chi connectivity index (χ1) is 6.79. The van der Waals surface area contributed by atoms with Crippen molar-refractivity contribution in [1.29, 1.82) is 0 Å². The first-order valence-corrected chi connectivity index (χ1v) is 5.21. The van der Waals surface area contributed by atoms with E-state index in [0.29, 0.717) is 18.1 Å². The number of hydrogen-bond donors (Lipinski definition) is 0. The van der Waals surface area contributed by atoms with Gasteiger partial charge in [-0.05, 0) is 30.0 Å². The van der Waals surface area contributed by atoms with Crippen molar-refractivity contribution in [1.82, 2.24) is 0 Å². The molecule has 0 aliphatic carbocycles. The maximum Gasteiger partial charge on any atom is 0.311 e. The Labute approximate surface area is 87.8 Å². The zero-order valence-corrected chi connectivity index (χ0v) is 8.51. The Morgan fingerprint density at radius 3 is 3.00 bits per heavy atom. The van der Waals surface area contributed by atoms with Crippen molar-refractivity contribution >= 4 is 17.6 Å². The van der Waals surface area contributed by atoms with Crippen LogP contribution in [0.1, 0.15) is 24.0 Å². The fourth-order valence-electron chi connectivity index (χ4n) is 1.61. The van der Waals surface area contributed by atoms with Crippen molar-refractivity contribution in [3.8, 4) is 5.75 Å². The molecule has 1 aliphatic heterocycles. The Morgan fingerprint density at radius 2 is 2.21 bits per heavy atom. The molecule has 0 unspecified atom stereocenters. The smallest absolute Gasteiger partial charge is 0.311 e. The second-order valence-corrected chi connectivity index (χ2v) is 3.67. The summed E-state index contributed by atoms with van der Waals surface area (Å²) in [4.78, 5) is 11.2. The fourth-order valence-corrected chi connectivity index (χ4v) is 1.77. The minimum absolute atomic E-state index is 0.137. The number of carbonyl (C=O) groups is 1. The number of esters is 1. The van der Waals surface area contributed by atoms with Crippen LogP contribution in [-0.4, -0.2) is 5.97 Å². The van der Waals surface area contributed by atoms with Crippen molar-refractivity contribution in [3.05, 3.63) is 29.3 Å². The van der Waals surface area contributed by atoms with Crippen LogP contribution < -0.4 is 4.74 Å². The highest BCUT2D eigenvalue weighted by atomic mass is 35.5. The number of halogens is 1. The van der Waals surface area contributed by atoms with Crippen LogP contribution in [0.2, 0.25) is 0 Å². The monoisotopic (exact) mass is 210 g/mol. The molecule has 0 bridgehead atoms. The number of benzene rings is 1. The summed E-state index contributed by atoms with van der Waals surface area (Å²) in [7, 11) is 0. The molecule has 74 valence electrons. The number of ether oxygens (including phenoxy) is 1. The van der Waals surface area contributed by atoms with Gasteiger partial charge in [0.1, 0.15) is 5.75 Å². The molecular weight excluding hydrogens is 200 g/mol. The van der Waals surface area contributed by atoms with Crippen molar-refractivity contribution in [2.75, 3.05) is 0 Å². The first-order valence-electron chi connectivity index (χ1n) is 4.68. The van der Waals surface area contributed by atoms with E-state index in [1.54, 1.807) is 0 Å². The van der Waals surface area contributed by atoms with Gasteiger partial charge in [-0.3, -0.25) is 4.79 Å². The lowest BCUT2D eigenvalue weighted by atomic mass is 10.1. The summed E-state index contributed by atoms with van der Waals surface area (Å²) in [6, 6.07) is 5.74. The third-order valence-electron chi connectivity index (χ3n) is 2.33. The number of fused-ring (bicyclic) bond motifs is 1. The summed E-state index contributed by atoms with van der Waals surface area (Å²) in [5.74, 6) is 1.06. The van der Waals surface area contributed by atoms with Crippen molar-refractivity contribution in [2.45, 2.75) is 25.1 Å². The fraction of sp³-hybridized carbons (Fsp3) is 0.364. The highest BCUT2D eigenvalue weighted by Crippen LogP contribution is 2.26. The standard InChI is InChI=1S/C11H11ClO2/c12-7-8-4-5-10-9(6-8)2-1-3-11(13)14-10/h4-6H,1-3,7H2. The van der Waals surface area contributed by atoms with Gasteiger partial charge in [0.05, 0.1) is 0 Å². The lowest BCUT2D eigenvalue weighted by Crippen LogP contribution is -2.05. The molecule has 0 radical (unpaired) electrons. The Hall–Kier alpha value is -1.02. The van der Waals surface area contributed by atoms with Gasteiger partial charge in [0.25, 0.3) is 0 Å².